The Hall–Kier alpha value is -2.47. The molecule has 1 aliphatic heterocycles. The van der Waals surface area contributed by atoms with Crippen LogP contribution in [0.4, 0.5) is 0 Å². The zero-order valence-electron chi connectivity index (χ0n) is 12.8. The summed E-state index contributed by atoms with van der Waals surface area (Å²) in [5, 5.41) is 0. The number of fused-ring (bicyclic) bond motifs is 1. The third-order valence-electron chi connectivity index (χ3n) is 3.94. The van der Waals surface area contributed by atoms with Crippen LogP contribution in [0.1, 0.15) is 31.1 Å². The van der Waals surface area contributed by atoms with Crippen molar-refractivity contribution < 1.29 is 19.1 Å². The van der Waals surface area contributed by atoms with Crippen LogP contribution in [0.5, 0.6) is 0 Å². The van der Waals surface area contributed by atoms with E-state index in [0.717, 1.165) is 10.5 Å². The number of hydrogen-bond acceptors (Lipinski definition) is 4. The summed E-state index contributed by atoms with van der Waals surface area (Å²) in [6.45, 7) is 0. The quantitative estimate of drug-likeness (QED) is 0.459. The molecule has 0 N–H and O–H groups in total. The number of carbonyl (C=O) groups excluding carboxylic acids is 3. The molecule has 2 aromatic rings. The van der Waals surface area contributed by atoms with Crippen molar-refractivity contribution in [2.75, 3.05) is 7.11 Å². The Labute approximate surface area is 147 Å². The molecule has 0 saturated carbocycles. The topological polar surface area (TPSA) is 63.7 Å². The van der Waals surface area contributed by atoms with E-state index in [-0.39, 0.29) is 0 Å². The van der Waals surface area contributed by atoms with Crippen LogP contribution in [0.2, 0.25) is 0 Å². The number of hydrogen-bond donors (Lipinski definition) is 0. The standard InChI is InChI=1S/C18H14BrNO4/c1-24-18(23)15(14(19)11-7-3-2-4-8-11)20-16(21)12-9-5-6-10-13(12)17(20)22/h2-10,14-15H,1H3. The van der Waals surface area contributed by atoms with Crippen molar-refractivity contribution in [1.29, 1.82) is 0 Å². The first-order valence-corrected chi connectivity index (χ1v) is 8.21. The van der Waals surface area contributed by atoms with Gasteiger partial charge in [0.2, 0.25) is 0 Å². The number of amides is 2. The summed E-state index contributed by atoms with van der Waals surface area (Å²) < 4.78 is 4.85. The molecule has 6 heteroatoms. The smallest absolute Gasteiger partial charge is 0.330 e. The molecule has 2 aromatic carbocycles. The number of benzene rings is 2. The molecule has 0 bridgehead atoms. The van der Waals surface area contributed by atoms with Crippen LogP contribution in [-0.4, -0.2) is 35.8 Å². The highest BCUT2D eigenvalue weighted by atomic mass is 79.9. The number of rotatable bonds is 4. The highest BCUT2D eigenvalue weighted by Crippen LogP contribution is 2.35. The van der Waals surface area contributed by atoms with Crippen molar-refractivity contribution in [3.8, 4) is 0 Å². The summed E-state index contributed by atoms with van der Waals surface area (Å²) in [6.07, 6.45) is 0. The number of nitrogens with zero attached hydrogens (tertiary/aromatic N) is 1. The Kier molecular flexibility index (Phi) is 4.49. The largest absolute Gasteiger partial charge is 0.467 e. The normalized spacial score (nSPS) is 15.8. The van der Waals surface area contributed by atoms with Crippen LogP contribution in [0, 0.1) is 0 Å². The van der Waals surface area contributed by atoms with Gasteiger partial charge in [-0.2, -0.15) is 0 Å². The van der Waals surface area contributed by atoms with E-state index in [1.807, 2.05) is 30.3 Å². The minimum atomic E-state index is -1.09. The molecule has 0 spiro atoms. The molecule has 2 unspecified atom stereocenters. The number of halogens is 1. The number of imide groups is 1. The van der Waals surface area contributed by atoms with Crippen LogP contribution < -0.4 is 0 Å². The van der Waals surface area contributed by atoms with Crippen molar-refractivity contribution in [1.82, 2.24) is 4.90 Å². The lowest BCUT2D eigenvalue weighted by atomic mass is 10.0. The molecule has 0 aliphatic carbocycles. The number of methoxy groups -OCH3 is 1. The highest BCUT2D eigenvalue weighted by Gasteiger charge is 2.46. The van der Waals surface area contributed by atoms with Crippen LogP contribution in [0.25, 0.3) is 0 Å². The third-order valence-corrected chi connectivity index (χ3v) is 4.97. The molecule has 122 valence electrons. The number of ether oxygens (including phenoxy) is 1. The fourth-order valence-electron chi connectivity index (χ4n) is 2.76. The predicted octanol–water partition coefficient (Wildman–Crippen LogP) is 2.96. The zero-order chi connectivity index (χ0) is 17.3. The van der Waals surface area contributed by atoms with E-state index in [0.29, 0.717) is 11.1 Å². The SMILES string of the molecule is COC(=O)C(C(Br)c1ccccc1)N1C(=O)c2ccccc2C1=O. The summed E-state index contributed by atoms with van der Waals surface area (Å²) in [5.74, 6) is -1.65. The highest BCUT2D eigenvalue weighted by molar-refractivity contribution is 9.09. The summed E-state index contributed by atoms with van der Waals surface area (Å²) in [7, 11) is 1.23. The van der Waals surface area contributed by atoms with Gasteiger partial charge in [-0.25, -0.2) is 4.79 Å². The molecule has 0 radical (unpaired) electrons. The first kappa shape index (κ1) is 16.4. The molecule has 24 heavy (non-hydrogen) atoms. The lowest BCUT2D eigenvalue weighted by Gasteiger charge is -2.28. The van der Waals surface area contributed by atoms with E-state index in [4.69, 9.17) is 4.74 Å². The first-order chi connectivity index (χ1) is 11.6. The van der Waals surface area contributed by atoms with Gasteiger partial charge in [0.15, 0.2) is 6.04 Å². The van der Waals surface area contributed by atoms with E-state index in [1.165, 1.54) is 7.11 Å². The monoisotopic (exact) mass is 387 g/mol. The van der Waals surface area contributed by atoms with Gasteiger partial charge in [-0.15, -0.1) is 0 Å². The van der Waals surface area contributed by atoms with Gasteiger partial charge in [0.1, 0.15) is 0 Å². The summed E-state index contributed by atoms with van der Waals surface area (Å²) in [4.78, 5) is 38.1. The van der Waals surface area contributed by atoms with E-state index in [1.54, 1.807) is 24.3 Å². The van der Waals surface area contributed by atoms with Gasteiger partial charge in [0.25, 0.3) is 11.8 Å². The second-order valence-corrected chi connectivity index (χ2v) is 6.29. The lowest BCUT2D eigenvalue weighted by molar-refractivity contribution is -0.145. The number of carbonyl (C=O) groups is 3. The van der Waals surface area contributed by atoms with Crippen LogP contribution in [-0.2, 0) is 9.53 Å². The maximum Gasteiger partial charge on any atom is 0.330 e. The van der Waals surface area contributed by atoms with Crippen molar-refractivity contribution >= 4 is 33.7 Å². The second kappa shape index (κ2) is 6.57. The van der Waals surface area contributed by atoms with E-state index >= 15 is 0 Å². The number of esters is 1. The zero-order valence-corrected chi connectivity index (χ0v) is 14.4. The molecule has 0 saturated heterocycles. The van der Waals surface area contributed by atoms with E-state index in [2.05, 4.69) is 15.9 Å². The Balaban J connectivity index is 2.04. The molecule has 0 aromatic heterocycles. The summed E-state index contributed by atoms with van der Waals surface area (Å²) in [6, 6.07) is 14.5. The van der Waals surface area contributed by atoms with E-state index in [9.17, 15) is 14.4 Å². The molecule has 2 atom stereocenters. The first-order valence-electron chi connectivity index (χ1n) is 7.30. The fourth-order valence-corrected chi connectivity index (χ4v) is 3.51. The minimum absolute atomic E-state index is 0.296. The van der Waals surface area contributed by atoms with E-state index < -0.39 is 28.7 Å². The van der Waals surface area contributed by atoms with Gasteiger partial charge >= 0.3 is 5.97 Å². The van der Waals surface area contributed by atoms with Gasteiger partial charge in [0.05, 0.1) is 23.1 Å². The van der Waals surface area contributed by atoms with Crippen LogP contribution in [0.3, 0.4) is 0 Å². The van der Waals surface area contributed by atoms with Gasteiger partial charge in [-0.3, -0.25) is 14.5 Å². The van der Waals surface area contributed by atoms with Crippen LogP contribution >= 0.6 is 15.9 Å². The maximum absolute atomic E-state index is 12.7. The summed E-state index contributed by atoms with van der Waals surface area (Å²) in [5.41, 5.74) is 1.36. The predicted molar refractivity (Wildman–Crippen MR) is 90.9 cm³/mol. The van der Waals surface area contributed by atoms with Crippen molar-refractivity contribution in [2.24, 2.45) is 0 Å². The molecular formula is C18H14BrNO4. The Bertz CT molecular complexity index is 771. The molecule has 5 nitrogen and oxygen atoms in total. The fraction of sp³-hybridized carbons (Fsp3) is 0.167. The summed E-state index contributed by atoms with van der Waals surface area (Å²) >= 11 is 3.46. The van der Waals surface area contributed by atoms with Crippen LogP contribution in [0.15, 0.2) is 54.6 Å². The molecular weight excluding hydrogens is 374 g/mol. The maximum atomic E-state index is 12.7. The van der Waals surface area contributed by atoms with Gasteiger partial charge < -0.3 is 4.74 Å². The Morgan fingerprint density at radius 3 is 1.96 bits per heavy atom. The van der Waals surface area contributed by atoms with Gasteiger partial charge in [-0.05, 0) is 17.7 Å². The average molecular weight is 388 g/mol. The van der Waals surface area contributed by atoms with Crippen molar-refractivity contribution in [2.45, 2.75) is 10.9 Å². The Morgan fingerprint density at radius 2 is 1.46 bits per heavy atom. The van der Waals surface area contributed by atoms with Gasteiger partial charge in [0, 0.05) is 0 Å². The minimum Gasteiger partial charge on any atom is -0.467 e. The second-order valence-electron chi connectivity index (χ2n) is 5.31. The molecule has 2 amide bonds. The molecule has 3 rings (SSSR count). The number of alkyl halides is 1. The molecule has 1 aliphatic rings. The molecule has 0 fully saturated rings. The Morgan fingerprint density at radius 1 is 0.958 bits per heavy atom. The van der Waals surface area contributed by atoms with Crippen molar-refractivity contribution in [3.05, 3.63) is 71.3 Å². The average Bonchev–Trinajstić information content (AvgIpc) is 2.88. The van der Waals surface area contributed by atoms with Gasteiger partial charge in [-0.1, -0.05) is 58.4 Å². The molecule has 1 heterocycles. The third kappa shape index (κ3) is 2.63. The lowest BCUT2D eigenvalue weighted by Crippen LogP contribution is -2.47. The van der Waals surface area contributed by atoms with Crippen molar-refractivity contribution in [3.63, 3.8) is 0 Å².